The van der Waals surface area contributed by atoms with E-state index < -0.39 is 0 Å². The van der Waals surface area contributed by atoms with Crippen LogP contribution in [0.3, 0.4) is 0 Å². The maximum atomic E-state index is 12.3. The molecule has 0 saturated carbocycles. The van der Waals surface area contributed by atoms with Gasteiger partial charge in [-0.1, -0.05) is 0 Å². The van der Waals surface area contributed by atoms with Crippen LogP contribution in [0.5, 0.6) is 11.5 Å². The van der Waals surface area contributed by atoms with E-state index in [4.69, 9.17) is 14.2 Å². The number of carbonyl (C=O) groups is 1. The number of rotatable bonds is 6. The van der Waals surface area contributed by atoms with Crippen LogP contribution in [0.25, 0.3) is 0 Å². The fourth-order valence-electron chi connectivity index (χ4n) is 2.57. The Hall–Kier alpha value is -1.95. The summed E-state index contributed by atoms with van der Waals surface area (Å²) in [5.74, 6) is 1.27. The maximum Gasteiger partial charge on any atom is 0.321 e. The SMILES string of the molecule is COc1cc(NC(=O)N(C)CC[C@@H]2CCCCO2)cc(OC)c1. The van der Waals surface area contributed by atoms with E-state index in [-0.39, 0.29) is 12.1 Å². The Morgan fingerprint density at radius 3 is 2.52 bits per heavy atom. The summed E-state index contributed by atoms with van der Waals surface area (Å²) in [7, 11) is 4.95. The summed E-state index contributed by atoms with van der Waals surface area (Å²) in [4.78, 5) is 13.9. The van der Waals surface area contributed by atoms with Crippen molar-refractivity contribution in [2.24, 2.45) is 0 Å². The van der Waals surface area contributed by atoms with Crippen LogP contribution in [0.1, 0.15) is 25.7 Å². The molecule has 1 aliphatic heterocycles. The largest absolute Gasteiger partial charge is 0.497 e. The van der Waals surface area contributed by atoms with Gasteiger partial charge in [-0.2, -0.15) is 0 Å². The number of anilines is 1. The number of urea groups is 1. The standard InChI is InChI=1S/C17H26N2O4/c1-19(8-7-14-6-4-5-9-23-14)17(20)18-13-10-15(21-2)12-16(11-13)22-3/h10-12,14H,4-9H2,1-3H3,(H,18,20)/t14-/m0/s1. The van der Waals surface area contributed by atoms with Crippen LogP contribution in [0.15, 0.2) is 18.2 Å². The fourth-order valence-corrected chi connectivity index (χ4v) is 2.57. The van der Waals surface area contributed by atoms with E-state index >= 15 is 0 Å². The van der Waals surface area contributed by atoms with Crippen LogP contribution in [-0.2, 0) is 4.74 Å². The maximum absolute atomic E-state index is 12.3. The molecule has 1 saturated heterocycles. The predicted molar refractivity (Wildman–Crippen MR) is 89.4 cm³/mol. The summed E-state index contributed by atoms with van der Waals surface area (Å²) in [6.07, 6.45) is 4.58. The van der Waals surface area contributed by atoms with Gasteiger partial charge in [0, 0.05) is 44.1 Å². The Morgan fingerprint density at radius 2 is 1.96 bits per heavy atom. The Balaban J connectivity index is 1.87. The molecule has 128 valence electrons. The van der Waals surface area contributed by atoms with Crippen molar-refractivity contribution < 1.29 is 19.0 Å². The lowest BCUT2D eigenvalue weighted by atomic mass is 10.1. The van der Waals surface area contributed by atoms with Gasteiger partial charge in [0.2, 0.25) is 0 Å². The van der Waals surface area contributed by atoms with Gasteiger partial charge in [0.1, 0.15) is 11.5 Å². The molecule has 0 aliphatic carbocycles. The summed E-state index contributed by atoms with van der Waals surface area (Å²) in [5, 5.41) is 2.87. The van der Waals surface area contributed by atoms with Gasteiger partial charge < -0.3 is 24.4 Å². The first kappa shape index (κ1) is 17.4. The minimum absolute atomic E-state index is 0.156. The lowest BCUT2D eigenvalue weighted by Crippen LogP contribution is -2.34. The molecule has 1 aliphatic rings. The first-order chi connectivity index (χ1) is 11.1. The molecule has 1 N–H and O–H groups in total. The molecular weight excluding hydrogens is 296 g/mol. The van der Waals surface area contributed by atoms with Gasteiger partial charge in [0.05, 0.1) is 20.3 Å². The van der Waals surface area contributed by atoms with Crippen molar-refractivity contribution in [1.29, 1.82) is 0 Å². The predicted octanol–water partition coefficient (Wildman–Crippen LogP) is 3.13. The van der Waals surface area contributed by atoms with E-state index in [1.165, 1.54) is 6.42 Å². The average Bonchev–Trinajstić information content (AvgIpc) is 2.60. The van der Waals surface area contributed by atoms with Crippen molar-refractivity contribution in [2.45, 2.75) is 31.8 Å². The Bertz CT molecular complexity index is 493. The first-order valence-corrected chi connectivity index (χ1v) is 7.99. The third-order valence-electron chi connectivity index (χ3n) is 4.01. The molecule has 0 aromatic heterocycles. The Kier molecular flexibility index (Phi) is 6.52. The third-order valence-corrected chi connectivity index (χ3v) is 4.01. The van der Waals surface area contributed by atoms with Gasteiger partial charge >= 0.3 is 6.03 Å². The second-order valence-electron chi connectivity index (χ2n) is 5.73. The molecule has 6 nitrogen and oxygen atoms in total. The van der Waals surface area contributed by atoms with Gasteiger partial charge in [0.15, 0.2) is 0 Å². The van der Waals surface area contributed by atoms with E-state index in [0.29, 0.717) is 23.7 Å². The summed E-state index contributed by atoms with van der Waals surface area (Å²) in [6.45, 7) is 1.50. The normalized spacial score (nSPS) is 17.4. The molecule has 0 unspecified atom stereocenters. The number of benzene rings is 1. The van der Waals surface area contributed by atoms with Gasteiger partial charge in [-0.05, 0) is 25.7 Å². The van der Waals surface area contributed by atoms with Gasteiger partial charge in [-0.15, -0.1) is 0 Å². The molecule has 0 radical (unpaired) electrons. The highest BCUT2D eigenvalue weighted by Gasteiger charge is 2.16. The number of hydrogen-bond acceptors (Lipinski definition) is 4. The van der Waals surface area contributed by atoms with Crippen LogP contribution >= 0.6 is 0 Å². The number of ether oxygens (including phenoxy) is 3. The number of carbonyl (C=O) groups excluding carboxylic acids is 1. The summed E-state index contributed by atoms with van der Waals surface area (Å²) < 4.78 is 16.1. The van der Waals surface area contributed by atoms with Crippen LogP contribution in [0.2, 0.25) is 0 Å². The molecular formula is C17H26N2O4. The van der Waals surface area contributed by atoms with E-state index in [1.54, 1.807) is 44.4 Å². The van der Waals surface area contributed by atoms with Crippen LogP contribution < -0.4 is 14.8 Å². The highest BCUT2D eigenvalue weighted by atomic mass is 16.5. The van der Waals surface area contributed by atoms with Crippen molar-refractivity contribution in [2.75, 3.05) is 39.7 Å². The lowest BCUT2D eigenvalue weighted by Gasteiger charge is -2.25. The number of hydrogen-bond donors (Lipinski definition) is 1. The van der Waals surface area contributed by atoms with Gasteiger partial charge in [-0.3, -0.25) is 0 Å². The van der Waals surface area contributed by atoms with Gasteiger partial charge in [-0.25, -0.2) is 4.79 Å². The van der Waals surface area contributed by atoms with Crippen molar-refractivity contribution in [3.8, 4) is 11.5 Å². The van der Waals surface area contributed by atoms with E-state index in [9.17, 15) is 4.79 Å². The van der Waals surface area contributed by atoms with E-state index in [1.807, 2.05) is 0 Å². The van der Waals surface area contributed by atoms with Crippen LogP contribution in [0.4, 0.5) is 10.5 Å². The molecule has 1 atom stereocenters. The smallest absolute Gasteiger partial charge is 0.321 e. The lowest BCUT2D eigenvalue weighted by molar-refractivity contribution is 0.00848. The molecule has 2 rings (SSSR count). The topological polar surface area (TPSA) is 60.0 Å². The van der Waals surface area contributed by atoms with Crippen LogP contribution in [-0.4, -0.2) is 51.5 Å². The quantitative estimate of drug-likeness (QED) is 0.874. The highest BCUT2D eigenvalue weighted by molar-refractivity contribution is 5.89. The van der Waals surface area contributed by atoms with E-state index in [0.717, 1.165) is 25.9 Å². The first-order valence-electron chi connectivity index (χ1n) is 7.99. The number of nitrogens with zero attached hydrogens (tertiary/aromatic N) is 1. The Morgan fingerprint density at radius 1 is 1.26 bits per heavy atom. The summed E-state index contributed by atoms with van der Waals surface area (Å²) in [6, 6.07) is 5.13. The minimum Gasteiger partial charge on any atom is -0.497 e. The molecule has 23 heavy (non-hydrogen) atoms. The third kappa shape index (κ3) is 5.32. The van der Waals surface area contributed by atoms with Crippen molar-refractivity contribution in [1.82, 2.24) is 4.90 Å². The second-order valence-corrected chi connectivity index (χ2v) is 5.73. The molecule has 2 amide bonds. The zero-order valence-electron chi connectivity index (χ0n) is 14.1. The summed E-state index contributed by atoms with van der Waals surface area (Å²) in [5.41, 5.74) is 0.645. The number of methoxy groups -OCH3 is 2. The fraction of sp³-hybridized carbons (Fsp3) is 0.588. The zero-order valence-corrected chi connectivity index (χ0v) is 14.1. The summed E-state index contributed by atoms with van der Waals surface area (Å²) >= 11 is 0. The molecule has 0 spiro atoms. The van der Waals surface area contributed by atoms with E-state index in [2.05, 4.69) is 5.32 Å². The minimum atomic E-state index is -0.156. The zero-order chi connectivity index (χ0) is 16.7. The second kappa shape index (κ2) is 8.62. The van der Waals surface area contributed by atoms with Crippen molar-refractivity contribution >= 4 is 11.7 Å². The molecule has 1 fully saturated rings. The molecule has 1 aromatic rings. The van der Waals surface area contributed by atoms with Crippen molar-refractivity contribution in [3.05, 3.63) is 18.2 Å². The molecule has 1 aromatic carbocycles. The molecule has 0 bridgehead atoms. The monoisotopic (exact) mass is 322 g/mol. The number of amides is 2. The molecule has 6 heteroatoms. The highest BCUT2D eigenvalue weighted by Crippen LogP contribution is 2.26. The van der Waals surface area contributed by atoms with Crippen molar-refractivity contribution in [3.63, 3.8) is 0 Å². The van der Waals surface area contributed by atoms with Crippen LogP contribution in [0, 0.1) is 0 Å². The molecule has 1 heterocycles. The number of nitrogens with one attached hydrogen (secondary N) is 1. The van der Waals surface area contributed by atoms with Gasteiger partial charge in [0.25, 0.3) is 0 Å². The Labute approximate surface area is 137 Å². The average molecular weight is 322 g/mol.